The number of hydrogen-bond acceptors (Lipinski definition) is 9. The topological polar surface area (TPSA) is 169 Å². The van der Waals surface area contributed by atoms with Crippen molar-refractivity contribution in [2.24, 2.45) is 0 Å². The number of ether oxygens (including phenoxy) is 2. The first kappa shape index (κ1) is 53.1. The molecule has 8 atom stereocenters. The normalized spacial score (nSPS) is 22.0. The summed E-state index contributed by atoms with van der Waals surface area (Å²) in [5, 5.41) is 64.5. The summed E-state index contributed by atoms with van der Waals surface area (Å²) in [4.78, 5) is 13.0. The van der Waals surface area contributed by atoms with Crippen molar-refractivity contribution >= 4 is 5.91 Å². The molecule has 1 heterocycles. The summed E-state index contributed by atoms with van der Waals surface area (Å²) >= 11 is 0. The van der Waals surface area contributed by atoms with Crippen LogP contribution in [0.2, 0.25) is 0 Å². The lowest BCUT2D eigenvalue weighted by molar-refractivity contribution is -0.302. The molecule has 0 unspecified atom stereocenters. The second-order valence-corrected chi connectivity index (χ2v) is 16.0. The van der Waals surface area contributed by atoms with Gasteiger partial charge in [-0.2, -0.15) is 0 Å². The fourth-order valence-corrected chi connectivity index (χ4v) is 6.93. The Hall–Kier alpha value is -1.89. The van der Waals surface area contributed by atoms with Gasteiger partial charge in [-0.05, 0) is 57.8 Å². The zero-order valence-electron chi connectivity index (χ0n) is 35.9. The highest BCUT2D eigenvalue weighted by Gasteiger charge is 2.44. The molecule has 1 aliphatic heterocycles. The summed E-state index contributed by atoms with van der Waals surface area (Å²) in [6, 6.07) is -1.01. The van der Waals surface area contributed by atoms with E-state index < -0.39 is 61.5 Å². The molecule has 0 aromatic rings. The van der Waals surface area contributed by atoms with E-state index in [2.05, 4.69) is 49.5 Å². The van der Waals surface area contributed by atoms with E-state index in [4.69, 9.17) is 9.47 Å². The van der Waals surface area contributed by atoms with E-state index in [0.29, 0.717) is 19.3 Å². The molecule has 1 aliphatic rings. The highest BCUT2D eigenvalue weighted by atomic mass is 16.7. The van der Waals surface area contributed by atoms with Crippen LogP contribution in [-0.2, 0) is 14.3 Å². The maximum Gasteiger partial charge on any atom is 0.249 e. The van der Waals surface area contributed by atoms with Crippen molar-refractivity contribution < 1.29 is 44.9 Å². The van der Waals surface area contributed by atoms with Gasteiger partial charge in [0.05, 0.1) is 25.4 Å². The minimum atomic E-state index is -1.62. The third-order valence-corrected chi connectivity index (χ3v) is 10.8. The molecule has 0 spiro atoms. The van der Waals surface area contributed by atoms with Gasteiger partial charge in [0.2, 0.25) is 5.91 Å². The van der Waals surface area contributed by atoms with Crippen molar-refractivity contribution in [3.8, 4) is 0 Å². The molecule has 0 aliphatic carbocycles. The van der Waals surface area contributed by atoms with Gasteiger partial charge in [0.1, 0.15) is 30.5 Å². The molecule has 1 rings (SSSR count). The standard InChI is InChI=1S/C47H85NO9/c1-3-5-7-9-11-13-15-17-18-19-20-21-22-24-26-28-30-32-34-36-41(51)46(55)48-39(38-56-47-45(54)44(53)43(52)42(37-49)57-47)40(50)35-33-31-29-27-25-23-16-14-12-10-8-6-4-2/h16-18,23,25,27,33,35,39-45,47,49-54H,3-15,19-22,24,26,28-32,34,36-38H2,1-2H3,(H,48,55)/b18-17-,23-16+,27-25+,35-33+/t39-,40+,41+,42+,43+,44-,45+,47+/m0/s1. The summed E-state index contributed by atoms with van der Waals surface area (Å²) in [5.41, 5.74) is 0. The first-order chi connectivity index (χ1) is 27.8. The lowest BCUT2D eigenvalue weighted by atomic mass is 9.99. The van der Waals surface area contributed by atoms with Gasteiger partial charge in [0.25, 0.3) is 0 Å². The largest absolute Gasteiger partial charge is 0.394 e. The number of unbranched alkanes of at least 4 members (excludes halogenated alkanes) is 21. The third kappa shape index (κ3) is 27.5. The highest BCUT2D eigenvalue weighted by molar-refractivity contribution is 5.80. The van der Waals surface area contributed by atoms with Crippen LogP contribution in [0.1, 0.15) is 181 Å². The van der Waals surface area contributed by atoms with Crippen LogP contribution in [0.25, 0.3) is 0 Å². The van der Waals surface area contributed by atoms with Crippen LogP contribution < -0.4 is 5.32 Å². The van der Waals surface area contributed by atoms with Gasteiger partial charge < -0.3 is 45.4 Å². The summed E-state index contributed by atoms with van der Waals surface area (Å²) < 4.78 is 11.1. The Labute approximate surface area is 346 Å². The smallest absolute Gasteiger partial charge is 0.249 e. The van der Waals surface area contributed by atoms with Gasteiger partial charge >= 0.3 is 0 Å². The Morgan fingerprint density at radius 1 is 0.614 bits per heavy atom. The maximum absolute atomic E-state index is 13.0. The minimum absolute atomic E-state index is 0.296. The van der Waals surface area contributed by atoms with Gasteiger partial charge in [-0.15, -0.1) is 0 Å². The Balaban J connectivity index is 2.43. The predicted octanol–water partition coefficient (Wildman–Crippen LogP) is 8.42. The number of allylic oxidation sites excluding steroid dienone is 7. The van der Waals surface area contributed by atoms with E-state index in [1.165, 1.54) is 116 Å². The van der Waals surface area contributed by atoms with E-state index in [-0.39, 0.29) is 6.61 Å². The zero-order chi connectivity index (χ0) is 41.8. The van der Waals surface area contributed by atoms with Crippen LogP contribution >= 0.6 is 0 Å². The van der Waals surface area contributed by atoms with Gasteiger partial charge in [-0.1, -0.05) is 172 Å². The van der Waals surface area contributed by atoms with Crippen molar-refractivity contribution in [2.45, 2.75) is 230 Å². The Morgan fingerprint density at radius 3 is 1.63 bits per heavy atom. The van der Waals surface area contributed by atoms with Crippen molar-refractivity contribution in [1.29, 1.82) is 0 Å². The van der Waals surface area contributed by atoms with Gasteiger partial charge in [0.15, 0.2) is 6.29 Å². The molecule has 0 aromatic carbocycles. The fraction of sp³-hybridized carbons (Fsp3) is 0.809. The van der Waals surface area contributed by atoms with E-state index in [1.54, 1.807) is 6.08 Å². The Bertz CT molecular complexity index is 1050. The molecule has 7 N–H and O–H groups in total. The van der Waals surface area contributed by atoms with Crippen LogP contribution in [0, 0.1) is 0 Å². The molecule has 1 saturated heterocycles. The van der Waals surface area contributed by atoms with Crippen LogP contribution in [0.4, 0.5) is 0 Å². The highest BCUT2D eigenvalue weighted by Crippen LogP contribution is 2.22. The van der Waals surface area contributed by atoms with E-state index >= 15 is 0 Å². The quantitative estimate of drug-likeness (QED) is 0.0185. The molecule has 332 valence electrons. The molecule has 10 nitrogen and oxygen atoms in total. The average Bonchev–Trinajstić information content (AvgIpc) is 3.21. The Kier molecular flexibility index (Phi) is 34.6. The maximum atomic E-state index is 13.0. The average molecular weight is 808 g/mol. The number of nitrogens with one attached hydrogen (secondary N) is 1. The summed E-state index contributed by atoms with van der Waals surface area (Å²) in [6.45, 7) is 3.54. The van der Waals surface area contributed by atoms with Gasteiger partial charge in [-0.3, -0.25) is 4.79 Å². The van der Waals surface area contributed by atoms with Crippen molar-refractivity contribution in [2.75, 3.05) is 13.2 Å². The summed E-state index contributed by atoms with van der Waals surface area (Å²) in [5.74, 6) is -0.637. The third-order valence-electron chi connectivity index (χ3n) is 10.8. The molecule has 0 saturated carbocycles. The van der Waals surface area contributed by atoms with E-state index in [0.717, 1.165) is 32.1 Å². The first-order valence-electron chi connectivity index (χ1n) is 23.0. The molecule has 10 heteroatoms. The monoisotopic (exact) mass is 808 g/mol. The molecule has 1 amide bonds. The first-order valence-corrected chi connectivity index (χ1v) is 23.0. The fourth-order valence-electron chi connectivity index (χ4n) is 6.93. The lowest BCUT2D eigenvalue weighted by Gasteiger charge is -2.40. The molecule has 0 bridgehead atoms. The molecule has 0 aromatic heterocycles. The minimum Gasteiger partial charge on any atom is -0.394 e. The van der Waals surface area contributed by atoms with Crippen molar-refractivity contribution in [3.05, 3.63) is 48.6 Å². The lowest BCUT2D eigenvalue weighted by Crippen LogP contribution is -2.60. The second-order valence-electron chi connectivity index (χ2n) is 16.0. The van der Waals surface area contributed by atoms with Gasteiger partial charge in [-0.25, -0.2) is 0 Å². The number of rotatable bonds is 37. The number of carbonyl (C=O) groups is 1. The van der Waals surface area contributed by atoms with Crippen LogP contribution in [0.15, 0.2) is 48.6 Å². The van der Waals surface area contributed by atoms with Crippen LogP contribution in [-0.4, -0.2) is 98.7 Å². The van der Waals surface area contributed by atoms with Gasteiger partial charge in [0, 0.05) is 0 Å². The predicted molar refractivity (Wildman–Crippen MR) is 232 cm³/mol. The van der Waals surface area contributed by atoms with Crippen LogP contribution in [0.3, 0.4) is 0 Å². The number of hydrogen-bond donors (Lipinski definition) is 7. The molecule has 57 heavy (non-hydrogen) atoms. The second kappa shape index (κ2) is 37.1. The molecular formula is C47H85NO9. The number of amides is 1. The van der Waals surface area contributed by atoms with E-state index in [1.807, 2.05) is 12.2 Å². The zero-order valence-corrected chi connectivity index (χ0v) is 35.9. The SMILES string of the molecule is CCCCCCC/C=C/C=C/CC/C=C/[C@@H](O)[C@H](CO[C@@H]1O[C@H](CO)[C@@H](O)[C@H](O)[C@H]1O)NC(=O)[C@H](O)CCCCCCCCCCC/C=C\CCCCCCCC. The Morgan fingerprint density at radius 2 is 1.09 bits per heavy atom. The van der Waals surface area contributed by atoms with E-state index in [9.17, 15) is 35.4 Å². The summed E-state index contributed by atoms with van der Waals surface area (Å²) in [6.07, 6.45) is 36.3. The number of carbonyl (C=O) groups excluding carboxylic acids is 1. The number of aliphatic hydroxyl groups excluding tert-OH is 6. The van der Waals surface area contributed by atoms with Crippen LogP contribution in [0.5, 0.6) is 0 Å². The van der Waals surface area contributed by atoms with Crippen molar-refractivity contribution in [1.82, 2.24) is 5.32 Å². The van der Waals surface area contributed by atoms with Crippen molar-refractivity contribution in [3.63, 3.8) is 0 Å². The molecule has 1 fully saturated rings. The molecule has 0 radical (unpaired) electrons. The molecular weight excluding hydrogens is 723 g/mol. The summed E-state index contributed by atoms with van der Waals surface area (Å²) in [7, 11) is 0. The number of aliphatic hydroxyl groups is 6.